The molecule has 1 saturated heterocycles. The number of ether oxygens (including phenoxy) is 1. The van der Waals surface area contributed by atoms with Crippen LogP contribution in [0.3, 0.4) is 0 Å². The lowest BCUT2D eigenvalue weighted by atomic mass is 10.1. The number of rotatable bonds is 4. The molecule has 150 valence electrons. The molecule has 0 aromatic carbocycles. The minimum absolute atomic E-state index is 0.00273. The van der Waals surface area contributed by atoms with E-state index in [1.165, 1.54) is 0 Å². The summed E-state index contributed by atoms with van der Waals surface area (Å²) >= 11 is -0.736. The molecule has 0 amide bonds. The summed E-state index contributed by atoms with van der Waals surface area (Å²) in [6.07, 6.45) is 5.52. The van der Waals surface area contributed by atoms with Gasteiger partial charge in [0.2, 0.25) is 5.88 Å². The van der Waals surface area contributed by atoms with E-state index in [-0.39, 0.29) is 3.92 Å². The third-order valence-corrected chi connectivity index (χ3v) is 7.78. The summed E-state index contributed by atoms with van der Waals surface area (Å²) in [6, 6.07) is 7.99. The lowest BCUT2D eigenvalue weighted by Gasteiger charge is -2.22. The molecule has 0 bridgehead atoms. The van der Waals surface area contributed by atoms with E-state index in [0.717, 1.165) is 35.1 Å². The van der Waals surface area contributed by atoms with Crippen LogP contribution in [-0.4, -0.2) is 54.5 Å². The summed E-state index contributed by atoms with van der Waals surface area (Å²) in [5.41, 5.74) is 3.77. The zero-order chi connectivity index (χ0) is 19.8. The van der Waals surface area contributed by atoms with Crippen LogP contribution in [0.4, 0.5) is 10.3 Å². The summed E-state index contributed by atoms with van der Waals surface area (Å²) in [4.78, 5) is 4.49. The van der Waals surface area contributed by atoms with Crippen LogP contribution < -0.4 is 10.1 Å². The van der Waals surface area contributed by atoms with Gasteiger partial charge in [-0.1, -0.05) is 0 Å². The number of methoxy groups -OCH3 is 1. The molecule has 5 rings (SSSR count). The number of piperidine rings is 1. The van der Waals surface area contributed by atoms with Gasteiger partial charge in [0.05, 0.1) is 16.6 Å². The minimum atomic E-state index is -0.845. The van der Waals surface area contributed by atoms with Gasteiger partial charge in [-0.3, -0.25) is 0 Å². The number of nitrogens with zero attached hydrogens (tertiary/aromatic N) is 6. The largest absolute Gasteiger partial charge is 0.479 e. The topological polar surface area (TPSA) is 81.1 Å². The fraction of sp³-hybridized carbons (Fsp3) is 0.316. The molecule has 0 saturated carbocycles. The van der Waals surface area contributed by atoms with Crippen molar-refractivity contribution in [1.82, 2.24) is 29.5 Å². The van der Waals surface area contributed by atoms with E-state index in [0.29, 0.717) is 18.4 Å². The molecule has 0 spiro atoms. The first kappa shape index (κ1) is 18.6. The molecule has 1 fully saturated rings. The van der Waals surface area contributed by atoms with Crippen LogP contribution >= 0.6 is 21.0 Å². The molecule has 5 heterocycles. The van der Waals surface area contributed by atoms with Crippen molar-refractivity contribution >= 4 is 38.0 Å². The number of pyridine rings is 1. The molecule has 8 nitrogen and oxygen atoms in total. The van der Waals surface area contributed by atoms with Crippen molar-refractivity contribution in [3.8, 4) is 17.0 Å². The van der Waals surface area contributed by atoms with Gasteiger partial charge in [0.15, 0.2) is 0 Å². The Morgan fingerprint density at radius 3 is 3.03 bits per heavy atom. The van der Waals surface area contributed by atoms with E-state index >= 15 is 0 Å². The Bertz CT molecular complexity index is 1200. The maximum absolute atomic E-state index is 14.1. The predicted octanol–water partition coefficient (Wildman–Crippen LogP) is 3.54. The highest BCUT2D eigenvalue weighted by molar-refractivity contribution is 14.2. The SMILES string of the molecule is COc1nc(N=I[C@@H]2CCNC[C@@H]2F)nn2ccc(-c3ccn4nccc4c3)c12. The van der Waals surface area contributed by atoms with Gasteiger partial charge in [-0.25, -0.2) is 13.4 Å². The summed E-state index contributed by atoms with van der Waals surface area (Å²) in [5.74, 6) is 0.805. The first-order valence-corrected chi connectivity index (χ1v) is 11.5. The molecule has 0 unspecified atom stereocenters. The van der Waals surface area contributed by atoms with Crippen molar-refractivity contribution in [3.05, 3.63) is 42.9 Å². The van der Waals surface area contributed by atoms with Gasteiger partial charge < -0.3 is 10.1 Å². The van der Waals surface area contributed by atoms with Crippen LogP contribution in [0, 0.1) is 0 Å². The molecule has 4 aromatic rings. The van der Waals surface area contributed by atoms with Crippen LogP contribution in [0.1, 0.15) is 6.42 Å². The molecule has 2 atom stereocenters. The van der Waals surface area contributed by atoms with E-state index in [2.05, 4.69) is 29.7 Å². The van der Waals surface area contributed by atoms with Crippen molar-refractivity contribution in [3.63, 3.8) is 0 Å². The van der Waals surface area contributed by atoms with Gasteiger partial charge in [0.1, 0.15) is 11.7 Å². The highest BCUT2D eigenvalue weighted by Crippen LogP contribution is 2.33. The Balaban J connectivity index is 1.53. The third-order valence-electron chi connectivity index (χ3n) is 4.95. The zero-order valence-electron chi connectivity index (χ0n) is 15.7. The van der Waals surface area contributed by atoms with Crippen LogP contribution in [0.2, 0.25) is 0 Å². The van der Waals surface area contributed by atoms with E-state index in [1.807, 2.05) is 35.1 Å². The summed E-state index contributed by atoms with van der Waals surface area (Å²) < 4.78 is 27.7. The van der Waals surface area contributed by atoms with Gasteiger partial charge in [0.25, 0.3) is 5.95 Å². The van der Waals surface area contributed by atoms with Crippen LogP contribution in [-0.2, 0) is 0 Å². The number of hydrogen-bond donors (Lipinski definition) is 1. The molecule has 29 heavy (non-hydrogen) atoms. The average molecular weight is 507 g/mol. The molecular formula is C19H19FIN7O. The van der Waals surface area contributed by atoms with Gasteiger partial charge in [-0.05, 0) is 42.8 Å². The molecule has 1 N–H and O–H groups in total. The maximum Gasteiger partial charge on any atom is 0.275 e. The van der Waals surface area contributed by atoms with E-state index < -0.39 is 27.2 Å². The Labute approximate surface area is 176 Å². The number of aromatic nitrogens is 5. The third kappa shape index (κ3) is 3.50. The van der Waals surface area contributed by atoms with Crippen molar-refractivity contribution in [2.24, 2.45) is 3.15 Å². The second kappa shape index (κ2) is 7.75. The highest BCUT2D eigenvalue weighted by atomic mass is 127. The van der Waals surface area contributed by atoms with E-state index in [4.69, 9.17) is 4.74 Å². The molecular weight excluding hydrogens is 488 g/mol. The lowest BCUT2D eigenvalue weighted by molar-refractivity contribution is 0.282. The quantitative estimate of drug-likeness (QED) is 0.338. The van der Waals surface area contributed by atoms with Crippen molar-refractivity contribution < 1.29 is 9.13 Å². The fourth-order valence-corrected chi connectivity index (χ4v) is 5.49. The Hall–Kier alpha value is -2.47. The van der Waals surface area contributed by atoms with Gasteiger partial charge >= 0.3 is 0 Å². The molecule has 4 aromatic heterocycles. The fourth-order valence-electron chi connectivity index (χ4n) is 3.49. The number of fused-ring (bicyclic) bond motifs is 2. The number of nitrogens with one attached hydrogen (secondary N) is 1. The first-order chi connectivity index (χ1) is 14.2. The minimum Gasteiger partial charge on any atom is -0.479 e. The van der Waals surface area contributed by atoms with Crippen LogP contribution in [0.15, 0.2) is 46.0 Å². The smallest absolute Gasteiger partial charge is 0.275 e. The monoisotopic (exact) mass is 507 g/mol. The summed E-state index contributed by atoms with van der Waals surface area (Å²) in [5, 5.41) is 11.8. The highest BCUT2D eigenvalue weighted by Gasteiger charge is 2.24. The Morgan fingerprint density at radius 2 is 2.17 bits per heavy atom. The first-order valence-electron chi connectivity index (χ1n) is 9.28. The average Bonchev–Trinajstić information content (AvgIpc) is 3.38. The van der Waals surface area contributed by atoms with Gasteiger partial charge in [0, 0.05) is 51.7 Å². The predicted molar refractivity (Wildman–Crippen MR) is 116 cm³/mol. The van der Waals surface area contributed by atoms with Crippen LogP contribution in [0.25, 0.3) is 22.2 Å². The van der Waals surface area contributed by atoms with Gasteiger partial charge in [-0.2, -0.15) is 13.2 Å². The number of halogens is 2. The molecule has 1 aliphatic rings. The van der Waals surface area contributed by atoms with Gasteiger partial charge in [-0.15, -0.1) is 5.10 Å². The Kier molecular flexibility index (Phi) is 4.96. The van der Waals surface area contributed by atoms with E-state index in [9.17, 15) is 4.39 Å². The number of alkyl halides is 2. The maximum atomic E-state index is 14.1. The second-order valence-electron chi connectivity index (χ2n) is 6.77. The molecule has 10 heteroatoms. The number of hydrogen-bond acceptors (Lipinski definition) is 6. The molecule has 1 aliphatic heterocycles. The zero-order valence-corrected chi connectivity index (χ0v) is 17.8. The normalized spacial score (nSPS) is 20.3. The lowest BCUT2D eigenvalue weighted by Crippen LogP contribution is -2.38. The molecule has 0 radical (unpaired) electrons. The second-order valence-corrected chi connectivity index (χ2v) is 9.41. The van der Waals surface area contributed by atoms with Crippen molar-refractivity contribution in [1.29, 1.82) is 0 Å². The Morgan fingerprint density at radius 1 is 1.28 bits per heavy atom. The molecule has 0 aliphatic carbocycles. The van der Waals surface area contributed by atoms with Crippen LogP contribution in [0.5, 0.6) is 5.88 Å². The standard InChI is InChI=1S/C19H19FIN7O/c1-29-18-17-14(12-4-8-27-13(10-12)2-7-23-27)5-9-28(17)26-19(24-18)25-21-16-3-6-22-11-15(16)20/h2,4-5,7-10,15-16,22H,3,6,11H2,1H3/t15-,16+/m0/s1. The summed E-state index contributed by atoms with van der Waals surface area (Å²) in [7, 11) is 1.59. The van der Waals surface area contributed by atoms with E-state index in [1.54, 1.807) is 17.8 Å². The van der Waals surface area contributed by atoms with Crippen molar-refractivity contribution in [2.45, 2.75) is 16.5 Å². The summed E-state index contributed by atoms with van der Waals surface area (Å²) in [6.45, 7) is 1.25. The van der Waals surface area contributed by atoms with Crippen molar-refractivity contribution in [2.75, 3.05) is 20.2 Å².